The van der Waals surface area contributed by atoms with E-state index >= 15 is 0 Å². The van der Waals surface area contributed by atoms with E-state index in [1.807, 2.05) is 36.4 Å². The van der Waals surface area contributed by atoms with Crippen molar-refractivity contribution in [1.82, 2.24) is 9.62 Å². The Morgan fingerprint density at radius 3 is 2.63 bits per heavy atom. The van der Waals surface area contributed by atoms with Gasteiger partial charge in [-0.25, -0.2) is 8.42 Å². The van der Waals surface area contributed by atoms with Gasteiger partial charge in [0.2, 0.25) is 10.0 Å². The fourth-order valence-corrected chi connectivity index (χ4v) is 5.11. The van der Waals surface area contributed by atoms with Gasteiger partial charge in [-0.1, -0.05) is 12.1 Å². The first-order chi connectivity index (χ1) is 12.9. The summed E-state index contributed by atoms with van der Waals surface area (Å²) in [6.45, 7) is 1.86. The van der Waals surface area contributed by atoms with Crippen LogP contribution < -0.4 is 14.4 Å². The number of nitrogens with one attached hydrogen (secondary N) is 1. The van der Waals surface area contributed by atoms with Crippen LogP contribution in [0.25, 0.3) is 0 Å². The summed E-state index contributed by atoms with van der Waals surface area (Å²) < 4.78 is 33.9. The van der Waals surface area contributed by atoms with Crippen LogP contribution in [0, 0.1) is 0 Å². The summed E-state index contributed by atoms with van der Waals surface area (Å²) in [7, 11) is 0.603. The van der Waals surface area contributed by atoms with Crippen molar-refractivity contribution in [3.8, 4) is 11.5 Å². The van der Waals surface area contributed by atoms with E-state index in [4.69, 9.17) is 4.74 Å². The van der Waals surface area contributed by atoms with Crippen molar-refractivity contribution in [1.29, 1.82) is 0 Å². The molecule has 0 saturated carbocycles. The molecule has 2 aromatic carbocycles. The van der Waals surface area contributed by atoms with Gasteiger partial charge >= 0.3 is 0 Å². The number of benzene rings is 2. The zero-order chi connectivity index (χ0) is 19.0. The molecule has 0 radical (unpaired) electrons. The first kappa shape index (κ1) is 18.3. The molecule has 1 N–H and O–H groups in total. The molecule has 27 heavy (non-hydrogen) atoms. The Balaban J connectivity index is 1.54. The molecule has 0 spiro atoms. The van der Waals surface area contributed by atoms with Crippen LogP contribution in [0.5, 0.6) is 11.5 Å². The van der Waals surface area contributed by atoms with E-state index in [1.165, 1.54) is 5.56 Å². The van der Waals surface area contributed by atoms with Gasteiger partial charge < -0.3 is 14.5 Å². The highest BCUT2D eigenvalue weighted by atomic mass is 32.2. The summed E-state index contributed by atoms with van der Waals surface area (Å²) in [6, 6.07) is 13.3. The zero-order valence-corrected chi connectivity index (χ0v) is 16.5. The number of ether oxygens (including phenoxy) is 1. The molecule has 1 saturated heterocycles. The SMILES string of the molecule is CN(C)CCc1ccc(Oc2ccc3c(c2)S(=O)(=O)NC2CCCN32)cc1. The predicted octanol–water partition coefficient (Wildman–Crippen LogP) is 2.80. The van der Waals surface area contributed by atoms with E-state index in [9.17, 15) is 8.42 Å². The summed E-state index contributed by atoms with van der Waals surface area (Å²) in [5.41, 5.74) is 2.01. The predicted molar refractivity (Wildman–Crippen MR) is 106 cm³/mol. The Labute approximate surface area is 160 Å². The van der Waals surface area contributed by atoms with E-state index in [2.05, 4.69) is 28.6 Å². The molecular formula is C20H25N3O3S. The molecule has 2 aliphatic heterocycles. The Morgan fingerprint density at radius 1 is 1.15 bits per heavy atom. The van der Waals surface area contributed by atoms with E-state index in [0.717, 1.165) is 38.0 Å². The third-order valence-corrected chi connectivity index (χ3v) is 6.57. The van der Waals surface area contributed by atoms with Gasteiger partial charge in [0.25, 0.3) is 0 Å². The Morgan fingerprint density at radius 2 is 1.89 bits per heavy atom. The number of anilines is 1. The minimum Gasteiger partial charge on any atom is -0.457 e. The largest absolute Gasteiger partial charge is 0.457 e. The van der Waals surface area contributed by atoms with E-state index in [1.54, 1.807) is 6.07 Å². The second-order valence-electron chi connectivity index (χ2n) is 7.40. The van der Waals surface area contributed by atoms with Gasteiger partial charge in [0.1, 0.15) is 16.4 Å². The van der Waals surface area contributed by atoms with E-state index in [-0.39, 0.29) is 6.17 Å². The maximum atomic E-state index is 12.6. The van der Waals surface area contributed by atoms with Crippen molar-refractivity contribution in [3.63, 3.8) is 0 Å². The molecule has 1 unspecified atom stereocenters. The minimum absolute atomic E-state index is 0.121. The Kier molecular flexibility index (Phi) is 4.84. The number of likely N-dealkylation sites (N-methyl/N-ethyl adjacent to an activating group) is 1. The highest BCUT2D eigenvalue weighted by Gasteiger charge is 2.37. The fraction of sp³-hybridized carbons (Fsp3) is 0.400. The molecule has 0 aliphatic carbocycles. The van der Waals surface area contributed by atoms with Crippen molar-refractivity contribution in [2.24, 2.45) is 0 Å². The lowest BCUT2D eigenvalue weighted by Crippen LogP contribution is -2.48. The quantitative estimate of drug-likeness (QED) is 0.855. The third kappa shape index (κ3) is 3.81. The highest BCUT2D eigenvalue weighted by Crippen LogP contribution is 2.38. The van der Waals surface area contributed by atoms with Gasteiger partial charge in [0, 0.05) is 19.2 Å². The second kappa shape index (κ2) is 7.14. The smallest absolute Gasteiger partial charge is 0.244 e. The normalized spacial score (nSPS) is 20.4. The van der Waals surface area contributed by atoms with Crippen LogP contribution in [0.3, 0.4) is 0 Å². The number of nitrogens with zero attached hydrogens (tertiary/aromatic N) is 2. The standard InChI is InChI=1S/C20H25N3O3S/c1-22(2)13-11-15-5-7-16(8-6-15)26-17-9-10-18-19(14-17)27(24,25)21-20-4-3-12-23(18)20/h5-10,14,20-21H,3-4,11-13H2,1-2H3. The average Bonchev–Trinajstić information content (AvgIpc) is 3.09. The number of hydrogen-bond donors (Lipinski definition) is 1. The van der Waals surface area contributed by atoms with Crippen LogP contribution in [-0.4, -0.2) is 46.7 Å². The van der Waals surface area contributed by atoms with Gasteiger partial charge in [-0.2, -0.15) is 4.72 Å². The molecule has 4 rings (SSSR count). The number of hydrogen-bond acceptors (Lipinski definition) is 5. The summed E-state index contributed by atoms with van der Waals surface area (Å²) in [4.78, 5) is 4.57. The van der Waals surface area contributed by atoms with Crippen molar-refractivity contribution < 1.29 is 13.2 Å². The lowest BCUT2D eigenvalue weighted by atomic mass is 10.1. The van der Waals surface area contributed by atoms with Crippen LogP contribution in [0.4, 0.5) is 5.69 Å². The molecule has 1 fully saturated rings. The lowest BCUT2D eigenvalue weighted by molar-refractivity contribution is 0.413. The van der Waals surface area contributed by atoms with Gasteiger partial charge in [-0.15, -0.1) is 0 Å². The molecule has 0 aromatic heterocycles. The first-order valence-electron chi connectivity index (χ1n) is 9.27. The molecule has 2 aliphatic rings. The molecule has 144 valence electrons. The van der Waals surface area contributed by atoms with Crippen molar-refractivity contribution >= 4 is 15.7 Å². The van der Waals surface area contributed by atoms with Gasteiger partial charge in [-0.05, 0) is 63.2 Å². The number of rotatable bonds is 5. The topological polar surface area (TPSA) is 61.9 Å². The maximum absolute atomic E-state index is 12.6. The van der Waals surface area contributed by atoms with Gasteiger partial charge in [0.05, 0.1) is 11.9 Å². The van der Waals surface area contributed by atoms with Gasteiger partial charge in [0.15, 0.2) is 0 Å². The van der Waals surface area contributed by atoms with Crippen LogP contribution in [-0.2, 0) is 16.4 Å². The molecule has 0 amide bonds. The Bertz CT molecular complexity index is 926. The fourth-order valence-electron chi connectivity index (χ4n) is 3.64. The highest BCUT2D eigenvalue weighted by molar-refractivity contribution is 7.89. The minimum atomic E-state index is -3.51. The molecule has 7 heteroatoms. The summed E-state index contributed by atoms with van der Waals surface area (Å²) in [5, 5.41) is 0. The summed E-state index contributed by atoms with van der Waals surface area (Å²) >= 11 is 0. The number of fused-ring (bicyclic) bond motifs is 3. The van der Waals surface area contributed by atoms with Crippen molar-refractivity contribution in [3.05, 3.63) is 48.0 Å². The molecule has 1 atom stereocenters. The van der Waals surface area contributed by atoms with Crippen LogP contribution in [0.15, 0.2) is 47.4 Å². The van der Waals surface area contributed by atoms with Crippen LogP contribution in [0.1, 0.15) is 18.4 Å². The summed E-state index contributed by atoms with van der Waals surface area (Å²) in [6.07, 6.45) is 2.69. The molecular weight excluding hydrogens is 362 g/mol. The molecule has 0 bridgehead atoms. The molecule has 2 heterocycles. The monoisotopic (exact) mass is 387 g/mol. The summed E-state index contributed by atoms with van der Waals surface area (Å²) in [5.74, 6) is 1.22. The first-order valence-corrected chi connectivity index (χ1v) is 10.8. The number of sulfonamides is 1. The van der Waals surface area contributed by atoms with E-state index in [0.29, 0.717) is 16.4 Å². The molecule has 6 nitrogen and oxygen atoms in total. The van der Waals surface area contributed by atoms with Crippen molar-refractivity contribution in [2.75, 3.05) is 32.1 Å². The van der Waals surface area contributed by atoms with Crippen molar-refractivity contribution in [2.45, 2.75) is 30.3 Å². The van der Waals surface area contributed by atoms with E-state index < -0.39 is 10.0 Å². The van der Waals surface area contributed by atoms with Gasteiger partial charge in [-0.3, -0.25) is 0 Å². The maximum Gasteiger partial charge on any atom is 0.244 e. The average molecular weight is 388 g/mol. The molecule has 2 aromatic rings. The zero-order valence-electron chi connectivity index (χ0n) is 15.7. The third-order valence-electron chi connectivity index (χ3n) is 5.08. The Hall–Kier alpha value is -2.09. The lowest BCUT2D eigenvalue weighted by Gasteiger charge is -2.33. The van der Waals surface area contributed by atoms with Crippen LogP contribution in [0.2, 0.25) is 0 Å². The van der Waals surface area contributed by atoms with Crippen LogP contribution >= 0.6 is 0 Å². The second-order valence-corrected chi connectivity index (χ2v) is 9.08.